The van der Waals surface area contributed by atoms with Gasteiger partial charge in [-0.1, -0.05) is 5.16 Å². The lowest BCUT2D eigenvalue weighted by Crippen LogP contribution is -2.25. The Labute approximate surface area is 123 Å². The predicted molar refractivity (Wildman–Crippen MR) is 74.7 cm³/mol. The van der Waals surface area contributed by atoms with Gasteiger partial charge in [0.05, 0.1) is 3.79 Å². The van der Waals surface area contributed by atoms with Gasteiger partial charge < -0.3 is 4.52 Å². The monoisotopic (exact) mass is 365 g/mol. The highest BCUT2D eigenvalue weighted by molar-refractivity contribution is 9.11. The summed E-state index contributed by atoms with van der Waals surface area (Å²) in [6, 6.07) is 1.63. The van der Waals surface area contributed by atoms with Crippen LogP contribution in [0.25, 0.3) is 0 Å². The number of hydrogen-bond acceptors (Lipinski definition) is 6. The van der Waals surface area contributed by atoms with Crippen LogP contribution in [0.4, 0.5) is 0 Å². The number of sulfonamides is 1. The largest absolute Gasteiger partial charge is 0.340 e. The first kappa shape index (κ1) is 14.6. The first-order chi connectivity index (χ1) is 8.88. The van der Waals surface area contributed by atoms with Crippen molar-refractivity contribution in [1.29, 1.82) is 0 Å². The summed E-state index contributed by atoms with van der Waals surface area (Å²) in [6.07, 6.45) is 0.391. The molecule has 0 bridgehead atoms. The third-order valence-corrected chi connectivity index (χ3v) is 6.38. The molecule has 0 aliphatic heterocycles. The second-order valence-corrected chi connectivity index (χ2v) is 8.26. The van der Waals surface area contributed by atoms with Crippen LogP contribution in [-0.2, 0) is 16.4 Å². The topological polar surface area (TPSA) is 85.1 Å². The van der Waals surface area contributed by atoms with Crippen molar-refractivity contribution in [3.8, 4) is 0 Å². The fourth-order valence-electron chi connectivity index (χ4n) is 1.38. The van der Waals surface area contributed by atoms with E-state index < -0.39 is 10.0 Å². The van der Waals surface area contributed by atoms with Crippen LogP contribution >= 0.6 is 27.3 Å². The Hall–Kier alpha value is -0.770. The molecule has 104 valence electrons. The number of nitrogens with one attached hydrogen (secondary N) is 1. The summed E-state index contributed by atoms with van der Waals surface area (Å²) >= 11 is 4.50. The van der Waals surface area contributed by atoms with Gasteiger partial charge in [-0.3, -0.25) is 0 Å². The van der Waals surface area contributed by atoms with Crippen LogP contribution in [0.2, 0.25) is 0 Å². The van der Waals surface area contributed by atoms with Crippen LogP contribution in [0, 0.1) is 13.8 Å². The van der Waals surface area contributed by atoms with Crippen LogP contribution in [0.1, 0.15) is 17.3 Å². The minimum Gasteiger partial charge on any atom is -0.340 e. The Balaban J connectivity index is 1.98. The molecule has 0 atom stereocenters. The molecular formula is C10H12BrN3O3S2. The number of rotatable bonds is 5. The van der Waals surface area contributed by atoms with Crippen molar-refractivity contribution in [1.82, 2.24) is 14.9 Å². The molecule has 0 amide bonds. The van der Waals surface area contributed by atoms with Gasteiger partial charge in [-0.25, -0.2) is 13.1 Å². The van der Waals surface area contributed by atoms with Gasteiger partial charge in [0.1, 0.15) is 4.21 Å². The highest BCUT2D eigenvalue weighted by Crippen LogP contribution is 2.30. The van der Waals surface area contributed by atoms with E-state index in [0.717, 1.165) is 9.35 Å². The molecule has 0 fully saturated rings. The zero-order chi connectivity index (χ0) is 14.0. The van der Waals surface area contributed by atoms with Crippen LogP contribution in [0.3, 0.4) is 0 Å². The van der Waals surface area contributed by atoms with Crippen LogP contribution in [0.5, 0.6) is 0 Å². The third kappa shape index (κ3) is 3.62. The summed E-state index contributed by atoms with van der Waals surface area (Å²) in [5.41, 5.74) is 0.902. The van der Waals surface area contributed by atoms with Gasteiger partial charge in [-0.15, -0.1) is 11.3 Å². The molecule has 9 heteroatoms. The fraction of sp³-hybridized carbons (Fsp3) is 0.400. The van der Waals surface area contributed by atoms with Gasteiger partial charge in [0, 0.05) is 19.9 Å². The van der Waals surface area contributed by atoms with Crippen molar-refractivity contribution >= 4 is 37.3 Å². The van der Waals surface area contributed by atoms with E-state index in [1.54, 1.807) is 13.0 Å². The van der Waals surface area contributed by atoms with E-state index in [0.29, 0.717) is 22.3 Å². The molecule has 2 rings (SSSR count). The molecule has 0 radical (unpaired) electrons. The smallest absolute Gasteiger partial charge is 0.250 e. The summed E-state index contributed by atoms with van der Waals surface area (Å²) in [5.74, 6) is 0.958. The SMILES string of the molecule is Cc1nc(CCNS(=O)(=O)c2cc(C)c(Br)s2)no1. The Morgan fingerprint density at radius 3 is 2.74 bits per heavy atom. The summed E-state index contributed by atoms with van der Waals surface area (Å²) in [7, 11) is -3.47. The molecule has 0 aliphatic carbocycles. The molecule has 6 nitrogen and oxygen atoms in total. The molecule has 0 aromatic carbocycles. The lowest BCUT2D eigenvalue weighted by atomic mass is 10.4. The van der Waals surface area contributed by atoms with Gasteiger partial charge in [0.15, 0.2) is 5.82 Å². The maximum Gasteiger partial charge on any atom is 0.250 e. The molecular weight excluding hydrogens is 354 g/mol. The van der Waals surface area contributed by atoms with E-state index in [1.165, 1.54) is 11.3 Å². The standard InChI is InChI=1S/C10H12BrN3O3S2/c1-6-5-9(18-10(6)11)19(15,16)12-4-3-8-13-7(2)17-14-8/h5,12H,3-4H2,1-2H3. The van der Waals surface area contributed by atoms with Gasteiger partial charge in [0.25, 0.3) is 0 Å². The Morgan fingerprint density at radius 1 is 1.47 bits per heavy atom. The van der Waals surface area contributed by atoms with E-state index in [2.05, 4.69) is 30.8 Å². The Bertz CT molecular complexity index is 659. The fourth-order valence-corrected chi connectivity index (χ4v) is 4.68. The Kier molecular flexibility index (Phi) is 4.39. The number of aromatic nitrogens is 2. The predicted octanol–water partition coefficient (Wildman–Crippen LogP) is 2.03. The van der Waals surface area contributed by atoms with Crippen LogP contribution in [0.15, 0.2) is 18.6 Å². The van der Waals surface area contributed by atoms with Crippen LogP contribution < -0.4 is 4.72 Å². The minimum atomic E-state index is -3.47. The average molecular weight is 366 g/mol. The molecule has 2 heterocycles. The molecule has 0 unspecified atom stereocenters. The van der Waals surface area contributed by atoms with Crippen molar-refractivity contribution in [3.05, 3.63) is 27.1 Å². The first-order valence-corrected chi connectivity index (χ1v) is 8.52. The molecule has 2 aromatic heterocycles. The number of thiophene rings is 1. The van der Waals surface area contributed by atoms with Crippen LogP contribution in [-0.4, -0.2) is 25.1 Å². The lowest BCUT2D eigenvalue weighted by molar-refractivity contribution is 0.387. The zero-order valence-electron chi connectivity index (χ0n) is 10.3. The average Bonchev–Trinajstić information content (AvgIpc) is 2.87. The third-order valence-electron chi connectivity index (χ3n) is 2.31. The molecule has 1 N–H and O–H groups in total. The van der Waals surface area contributed by atoms with E-state index in [-0.39, 0.29) is 6.54 Å². The number of aryl methyl sites for hydroxylation is 2. The first-order valence-electron chi connectivity index (χ1n) is 5.43. The second-order valence-electron chi connectivity index (χ2n) is 3.90. The van der Waals surface area contributed by atoms with Crippen molar-refractivity contribution in [2.45, 2.75) is 24.5 Å². The number of nitrogens with zero attached hydrogens (tertiary/aromatic N) is 2. The molecule has 0 spiro atoms. The zero-order valence-corrected chi connectivity index (χ0v) is 13.5. The molecule has 0 saturated carbocycles. The normalized spacial score (nSPS) is 11.9. The number of hydrogen-bond donors (Lipinski definition) is 1. The Morgan fingerprint density at radius 2 is 2.21 bits per heavy atom. The quantitative estimate of drug-likeness (QED) is 0.875. The molecule has 0 saturated heterocycles. The van der Waals surface area contributed by atoms with Gasteiger partial charge in [0.2, 0.25) is 15.9 Å². The van der Waals surface area contributed by atoms with Gasteiger partial charge in [-0.2, -0.15) is 4.98 Å². The number of halogens is 1. The summed E-state index contributed by atoms with van der Waals surface area (Å²) in [6.45, 7) is 3.77. The highest BCUT2D eigenvalue weighted by atomic mass is 79.9. The van der Waals surface area contributed by atoms with Crippen molar-refractivity contribution in [2.24, 2.45) is 0 Å². The minimum absolute atomic E-state index is 0.232. The maximum atomic E-state index is 12.0. The molecule has 0 aliphatic rings. The van der Waals surface area contributed by atoms with E-state index >= 15 is 0 Å². The second kappa shape index (κ2) is 5.70. The summed E-state index contributed by atoms with van der Waals surface area (Å²) < 4.78 is 32.5. The van der Waals surface area contributed by atoms with Gasteiger partial charge in [-0.05, 0) is 34.5 Å². The van der Waals surface area contributed by atoms with E-state index in [4.69, 9.17) is 4.52 Å². The molecule has 19 heavy (non-hydrogen) atoms. The van der Waals surface area contributed by atoms with E-state index in [1.807, 2.05) is 6.92 Å². The summed E-state index contributed by atoms with van der Waals surface area (Å²) in [4.78, 5) is 4.00. The summed E-state index contributed by atoms with van der Waals surface area (Å²) in [5, 5.41) is 3.70. The van der Waals surface area contributed by atoms with Crippen molar-refractivity contribution in [2.75, 3.05) is 6.54 Å². The highest BCUT2D eigenvalue weighted by Gasteiger charge is 2.18. The van der Waals surface area contributed by atoms with E-state index in [9.17, 15) is 8.42 Å². The van der Waals surface area contributed by atoms with Gasteiger partial charge >= 0.3 is 0 Å². The van der Waals surface area contributed by atoms with Crippen molar-refractivity contribution < 1.29 is 12.9 Å². The lowest BCUT2D eigenvalue weighted by Gasteiger charge is -2.02. The molecule has 2 aromatic rings. The van der Waals surface area contributed by atoms with Crippen molar-refractivity contribution in [3.63, 3.8) is 0 Å². The maximum absolute atomic E-state index is 12.0.